The number of rotatable bonds is 5. The van der Waals surface area contributed by atoms with E-state index in [0.29, 0.717) is 0 Å². The van der Waals surface area contributed by atoms with Crippen LogP contribution in [0.2, 0.25) is 0 Å². The molecule has 13 heavy (non-hydrogen) atoms. The summed E-state index contributed by atoms with van der Waals surface area (Å²) in [6, 6.07) is 0. The topological polar surface area (TPSA) is 21.6 Å². The molecule has 0 amide bonds. The fourth-order valence-electron chi connectivity index (χ4n) is 0.610. The highest BCUT2D eigenvalue weighted by atomic mass is 16.5. The van der Waals surface area contributed by atoms with E-state index >= 15 is 0 Å². The lowest BCUT2D eigenvalue weighted by molar-refractivity contribution is 0.307. The quantitative estimate of drug-likeness (QED) is 0.359. The van der Waals surface area contributed by atoms with E-state index in [9.17, 15) is 0 Å². The van der Waals surface area contributed by atoms with Crippen molar-refractivity contribution in [1.82, 2.24) is 0 Å². The highest BCUT2D eigenvalue weighted by Gasteiger charge is 1.82. The van der Waals surface area contributed by atoms with Crippen molar-refractivity contribution >= 4 is 6.21 Å². The molecule has 0 aromatic carbocycles. The molecule has 0 unspecified atom stereocenters. The average molecular weight is 177 g/mol. The highest BCUT2D eigenvalue weighted by molar-refractivity contribution is 5.71. The van der Waals surface area contributed by atoms with Crippen LogP contribution in [-0.4, -0.2) is 13.3 Å². The van der Waals surface area contributed by atoms with Gasteiger partial charge in [0.15, 0.2) is 0 Å². The van der Waals surface area contributed by atoms with Gasteiger partial charge in [-0.25, -0.2) is 0 Å². The zero-order valence-corrected chi connectivity index (χ0v) is 8.10. The maximum Gasteiger partial charge on any atom is 0.120 e. The van der Waals surface area contributed by atoms with Crippen LogP contribution in [0, 0.1) is 0 Å². The van der Waals surface area contributed by atoms with Gasteiger partial charge in [0.05, 0.1) is 7.11 Å². The number of hydrogen-bond donors (Lipinski definition) is 0. The summed E-state index contributed by atoms with van der Waals surface area (Å²) in [6.07, 6.45) is 12.3. The maximum atomic E-state index is 5.01. The summed E-state index contributed by atoms with van der Waals surface area (Å²) in [5.74, 6) is 0.729. The van der Waals surface area contributed by atoms with E-state index in [1.54, 1.807) is 37.8 Å². The minimum absolute atomic E-state index is 0.729. The van der Waals surface area contributed by atoms with Crippen LogP contribution < -0.4 is 0 Å². The van der Waals surface area contributed by atoms with Gasteiger partial charge in [-0.05, 0) is 25.2 Å². The van der Waals surface area contributed by atoms with Crippen molar-refractivity contribution in [1.29, 1.82) is 0 Å². The summed E-state index contributed by atoms with van der Waals surface area (Å²) in [5, 5.41) is 0. The standard InChI is InChI=1S/C11H15NO/c1-4-6-9-12-10-8-11(13-3)7-5-2/h4-10H,2H2,1,3H3/b6-4-,10-8-,11-7+,12-9-. The lowest BCUT2D eigenvalue weighted by Gasteiger charge is -1.95. The Morgan fingerprint density at radius 2 is 2.23 bits per heavy atom. The largest absolute Gasteiger partial charge is 0.497 e. The summed E-state index contributed by atoms with van der Waals surface area (Å²) < 4.78 is 5.01. The molecule has 0 rings (SSSR count). The van der Waals surface area contributed by atoms with Gasteiger partial charge in [-0.1, -0.05) is 18.7 Å². The first-order chi connectivity index (χ1) is 6.35. The molecule has 0 aromatic heterocycles. The normalized spacial score (nSPS) is 13.2. The highest BCUT2D eigenvalue weighted by Crippen LogP contribution is 1.97. The molecule has 0 N–H and O–H groups in total. The fraction of sp³-hybridized carbons (Fsp3) is 0.182. The Bertz CT molecular complexity index is 247. The third-order valence-electron chi connectivity index (χ3n) is 1.21. The number of nitrogens with zero attached hydrogens (tertiary/aromatic N) is 1. The lowest BCUT2D eigenvalue weighted by Crippen LogP contribution is -1.79. The number of allylic oxidation sites excluding steroid dienone is 5. The molecule has 0 bridgehead atoms. The number of hydrogen-bond acceptors (Lipinski definition) is 2. The van der Waals surface area contributed by atoms with Crippen LogP contribution in [0.4, 0.5) is 0 Å². The molecule has 0 aliphatic carbocycles. The molecule has 2 nitrogen and oxygen atoms in total. The van der Waals surface area contributed by atoms with Crippen molar-refractivity contribution in [2.75, 3.05) is 7.11 Å². The lowest BCUT2D eigenvalue weighted by atomic mass is 10.4. The van der Waals surface area contributed by atoms with Crippen LogP contribution >= 0.6 is 0 Å². The SMILES string of the molecule is C=C\C=C(/C=C\N=C/C=C\C)OC. The molecule has 0 spiro atoms. The maximum absolute atomic E-state index is 5.01. The molecule has 2 heteroatoms. The number of methoxy groups -OCH3 is 1. The van der Waals surface area contributed by atoms with Gasteiger partial charge in [0.2, 0.25) is 0 Å². The molecular formula is C11H15NO. The number of ether oxygens (including phenoxy) is 1. The minimum Gasteiger partial charge on any atom is -0.497 e. The van der Waals surface area contributed by atoms with E-state index in [4.69, 9.17) is 4.74 Å². The second-order valence-corrected chi connectivity index (χ2v) is 2.15. The van der Waals surface area contributed by atoms with Gasteiger partial charge in [0, 0.05) is 12.4 Å². The van der Waals surface area contributed by atoms with Crippen LogP contribution in [0.15, 0.2) is 53.9 Å². The van der Waals surface area contributed by atoms with Crippen molar-refractivity contribution in [2.24, 2.45) is 4.99 Å². The minimum atomic E-state index is 0.729. The van der Waals surface area contributed by atoms with Crippen LogP contribution in [0.25, 0.3) is 0 Å². The van der Waals surface area contributed by atoms with Gasteiger partial charge in [-0.3, -0.25) is 4.99 Å². The fourth-order valence-corrected chi connectivity index (χ4v) is 0.610. The van der Waals surface area contributed by atoms with Gasteiger partial charge in [-0.2, -0.15) is 0 Å². The monoisotopic (exact) mass is 177 g/mol. The average Bonchev–Trinajstić information content (AvgIpc) is 2.16. The Kier molecular flexibility index (Phi) is 7.50. The zero-order valence-electron chi connectivity index (χ0n) is 8.10. The summed E-state index contributed by atoms with van der Waals surface area (Å²) in [4.78, 5) is 3.98. The third-order valence-corrected chi connectivity index (χ3v) is 1.21. The predicted octanol–water partition coefficient (Wildman–Crippen LogP) is 2.86. The van der Waals surface area contributed by atoms with Gasteiger partial charge in [-0.15, -0.1) is 0 Å². The predicted molar refractivity (Wildman–Crippen MR) is 57.7 cm³/mol. The smallest absolute Gasteiger partial charge is 0.120 e. The summed E-state index contributed by atoms with van der Waals surface area (Å²) in [6.45, 7) is 5.50. The molecule has 0 atom stereocenters. The molecule has 0 aromatic rings. The second kappa shape index (κ2) is 8.53. The Morgan fingerprint density at radius 1 is 1.46 bits per heavy atom. The first kappa shape index (κ1) is 11.4. The van der Waals surface area contributed by atoms with Crippen LogP contribution in [0.1, 0.15) is 6.92 Å². The van der Waals surface area contributed by atoms with Crippen LogP contribution in [-0.2, 0) is 4.74 Å². The van der Waals surface area contributed by atoms with Crippen molar-refractivity contribution in [3.05, 3.63) is 48.9 Å². The molecular weight excluding hydrogens is 162 g/mol. The van der Waals surface area contributed by atoms with E-state index in [1.807, 2.05) is 19.1 Å². The Hall–Kier alpha value is -1.57. The molecule has 0 heterocycles. The van der Waals surface area contributed by atoms with Gasteiger partial charge < -0.3 is 4.74 Å². The third kappa shape index (κ3) is 6.81. The van der Waals surface area contributed by atoms with E-state index in [2.05, 4.69) is 11.6 Å². The van der Waals surface area contributed by atoms with Crippen molar-refractivity contribution in [3.8, 4) is 0 Å². The second-order valence-electron chi connectivity index (χ2n) is 2.15. The van der Waals surface area contributed by atoms with Crippen LogP contribution in [0.5, 0.6) is 0 Å². The van der Waals surface area contributed by atoms with Crippen LogP contribution in [0.3, 0.4) is 0 Å². The van der Waals surface area contributed by atoms with E-state index < -0.39 is 0 Å². The zero-order chi connectivity index (χ0) is 9.94. The van der Waals surface area contributed by atoms with Gasteiger partial charge in [0.1, 0.15) is 5.76 Å². The van der Waals surface area contributed by atoms with Crippen molar-refractivity contribution in [2.45, 2.75) is 6.92 Å². The Balaban J connectivity index is 4.08. The molecule has 0 aliphatic heterocycles. The summed E-state index contributed by atoms with van der Waals surface area (Å²) in [5.41, 5.74) is 0. The molecule has 0 saturated carbocycles. The summed E-state index contributed by atoms with van der Waals surface area (Å²) >= 11 is 0. The van der Waals surface area contributed by atoms with E-state index in [1.165, 1.54) is 0 Å². The van der Waals surface area contributed by atoms with Gasteiger partial charge >= 0.3 is 0 Å². The molecule has 0 saturated heterocycles. The Labute approximate surface area is 79.6 Å². The Morgan fingerprint density at radius 3 is 2.77 bits per heavy atom. The first-order valence-electron chi connectivity index (χ1n) is 4.03. The van der Waals surface area contributed by atoms with Crippen molar-refractivity contribution in [3.63, 3.8) is 0 Å². The van der Waals surface area contributed by atoms with Gasteiger partial charge in [0.25, 0.3) is 0 Å². The number of aliphatic imine (C=N–C) groups is 1. The van der Waals surface area contributed by atoms with E-state index in [0.717, 1.165) is 5.76 Å². The first-order valence-corrected chi connectivity index (χ1v) is 4.03. The molecule has 0 radical (unpaired) electrons. The molecule has 70 valence electrons. The van der Waals surface area contributed by atoms with E-state index in [-0.39, 0.29) is 0 Å². The summed E-state index contributed by atoms with van der Waals surface area (Å²) in [7, 11) is 1.61. The molecule has 0 aliphatic rings. The molecule has 0 fully saturated rings. The van der Waals surface area contributed by atoms with Crippen molar-refractivity contribution < 1.29 is 4.74 Å².